The molecule has 0 aliphatic rings. The van der Waals surface area contributed by atoms with Crippen LogP contribution in [0.2, 0.25) is 0 Å². The lowest BCUT2D eigenvalue weighted by molar-refractivity contribution is -0.109. The summed E-state index contributed by atoms with van der Waals surface area (Å²) in [6.45, 7) is 0.778. The lowest BCUT2D eigenvalue weighted by Crippen LogP contribution is -2.34. The smallest absolute Gasteiger partial charge is 0.312 e. The Hall–Kier alpha value is -1.26. The summed E-state index contributed by atoms with van der Waals surface area (Å²) < 4.78 is 0. The van der Waals surface area contributed by atoms with E-state index in [1.807, 2.05) is 0 Å². The van der Waals surface area contributed by atoms with Crippen LogP contribution >= 0.6 is 0 Å². The Balaban J connectivity index is 2.91. The van der Waals surface area contributed by atoms with E-state index in [1.54, 1.807) is 0 Å². The van der Waals surface area contributed by atoms with E-state index in [2.05, 4.69) is 10.6 Å². The minimum Gasteiger partial charge on any atom is -0.357 e. The van der Waals surface area contributed by atoms with Gasteiger partial charge in [0.05, 0.1) is 0 Å². The molecule has 52 valence electrons. The molecule has 0 aliphatic heterocycles. The van der Waals surface area contributed by atoms with Gasteiger partial charge in [-0.1, -0.05) is 0 Å². The summed E-state index contributed by atoms with van der Waals surface area (Å²) >= 11 is 0. The van der Waals surface area contributed by atoms with Crippen LogP contribution in [0.1, 0.15) is 0 Å². The van der Waals surface area contributed by atoms with Crippen molar-refractivity contribution in [3.05, 3.63) is 0 Å². The molecule has 5 nitrogen and oxygen atoms in total. The number of hydrogen-bond acceptors (Lipinski definition) is 2. The molecule has 0 saturated carbocycles. The summed E-state index contributed by atoms with van der Waals surface area (Å²) in [6, 6.07) is -0.581. The Bertz CT molecular complexity index is 104. The van der Waals surface area contributed by atoms with Crippen molar-refractivity contribution in [2.24, 2.45) is 5.73 Å². The summed E-state index contributed by atoms with van der Waals surface area (Å²) in [6.07, 6.45) is 0.558. The Labute approximate surface area is 52.6 Å². The first kappa shape index (κ1) is 7.74. The number of rotatable bonds is 4. The second kappa shape index (κ2) is 4.89. The lowest BCUT2D eigenvalue weighted by Gasteiger charge is -1.97. The van der Waals surface area contributed by atoms with Crippen LogP contribution in [0.25, 0.3) is 0 Å². The summed E-state index contributed by atoms with van der Waals surface area (Å²) in [5, 5.41) is 4.65. The third-order valence-electron chi connectivity index (χ3n) is 0.652. The van der Waals surface area contributed by atoms with E-state index in [0.29, 0.717) is 19.5 Å². The van der Waals surface area contributed by atoms with E-state index in [9.17, 15) is 9.59 Å². The average Bonchev–Trinajstić information content (AvgIpc) is 1.80. The fourth-order valence-corrected chi connectivity index (χ4v) is 0.317. The van der Waals surface area contributed by atoms with E-state index in [1.165, 1.54) is 0 Å². The highest BCUT2D eigenvalue weighted by Gasteiger charge is 1.87. The highest BCUT2D eigenvalue weighted by atomic mass is 16.2. The van der Waals surface area contributed by atoms with Crippen LogP contribution in [0, 0.1) is 0 Å². The number of urea groups is 1. The molecule has 0 atom stereocenters. The predicted octanol–water partition coefficient (Wildman–Crippen LogP) is -1.60. The van der Waals surface area contributed by atoms with Gasteiger partial charge in [-0.3, -0.25) is 4.79 Å². The number of nitrogens with one attached hydrogen (secondary N) is 2. The van der Waals surface area contributed by atoms with Crippen LogP contribution in [0.4, 0.5) is 4.79 Å². The van der Waals surface area contributed by atoms with E-state index >= 15 is 0 Å². The fraction of sp³-hybridized carbons (Fsp3) is 0.500. The highest BCUT2D eigenvalue weighted by Crippen LogP contribution is 1.54. The molecule has 0 aromatic rings. The standard InChI is InChI=1S/C4H9N3O2/c5-4(9)7-2-1-6-3-8/h3H,1-2H2,(H,6,8)(H3,5,7,9). The molecule has 0 aliphatic carbocycles. The minimum atomic E-state index is -0.581. The Morgan fingerprint density at radius 1 is 1.56 bits per heavy atom. The largest absolute Gasteiger partial charge is 0.357 e. The maximum Gasteiger partial charge on any atom is 0.312 e. The van der Waals surface area contributed by atoms with Gasteiger partial charge >= 0.3 is 6.03 Å². The van der Waals surface area contributed by atoms with Gasteiger partial charge in [0.25, 0.3) is 0 Å². The van der Waals surface area contributed by atoms with Crippen molar-refractivity contribution in [1.82, 2.24) is 10.6 Å². The first-order chi connectivity index (χ1) is 4.27. The monoisotopic (exact) mass is 131 g/mol. The van der Waals surface area contributed by atoms with Crippen molar-refractivity contribution in [1.29, 1.82) is 0 Å². The first-order valence-corrected chi connectivity index (χ1v) is 2.47. The topological polar surface area (TPSA) is 84.2 Å². The van der Waals surface area contributed by atoms with Gasteiger partial charge in [-0.15, -0.1) is 0 Å². The zero-order chi connectivity index (χ0) is 7.11. The van der Waals surface area contributed by atoms with Crippen molar-refractivity contribution in [2.45, 2.75) is 0 Å². The first-order valence-electron chi connectivity index (χ1n) is 2.47. The molecule has 9 heavy (non-hydrogen) atoms. The third-order valence-corrected chi connectivity index (χ3v) is 0.652. The van der Waals surface area contributed by atoms with Crippen LogP contribution in [0.5, 0.6) is 0 Å². The van der Waals surface area contributed by atoms with E-state index < -0.39 is 6.03 Å². The molecule has 0 spiro atoms. The molecule has 0 bridgehead atoms. The van der Waals surface area contributed by atoms with Gasteiger partial charge in [0.1, 0.15) is 0 Å². The Kier molecular flexibility index (Phi) is 4.20. The number of hydrogen-bond donors (Lipinski definition) is 3. The second-order valence-corrected chi connectivity index (χ2v) is 1.36. The third kappa shape index (κ3) is 6.74. The van der Waals surface area contributed by atoms with Gasteiger partial charge in [-0.2, -0.15) is 0 Å². The maximum atomic E-state index is 9.96. The van der Waals surface area contributed by atoms with Crippen molar-refractivity contribution >= 4 is 12.4 Å². The minimum absolute atomic E-state index is 0.369. The predicted molar refractivity (Wildman–Crippen MR) is 31.7 cm³/mol. The average molecular weight is 131 g/mol. The molecule has 0 unspecified atom stereocenters. The molecule has 0 aromatic carbocycles. The highest BCUT2D eigenvalue weighted by molar-refractivity contribution is 5.71. The van der Waals surface area contributed by atoms with E-state index in [4.69, 9.17) is 5.73 Å². The number of carbonyl (C=O) groups is 2. The summed E-state index contributed by atoms with van der Waals surface area (Å²) in [5.74, 6) is 0. The normalized spacial score (nSPS) is 8.00. The molecular formula is C4H9N3O2. The van der Waals surface area contributed by atoms with Crippen LogP contribution in [-0.4, -0.2) is 25.5 Å². The molecular weight excluding hydrogens is 122 g/mol. The van der Waals surface area contributed by atoms with Gasteiger partial charge in [-0.25, -0.2) is 4.79 Å². The molecule has 0 radical (unpaired) electrons. The van der Waals surface area contributed by atoms with Crippen LogP contribution in [0.3, 0.4) is 0 Å². The summed E-state index contributed by atoms with van der Waals surface area (Å²) in [5.41, 5.74) is 4.71. The lowest BCUT2D eigenvalue weighted by atomic mass is 10.6. The van der Waals surface area contributed by atoms with Crippen LogP contribution in [0.15, 0.2) is 0 Å². The molecule has 0 rings (SSSR count). The molecule has 4 N–H and O–H groups in total. The van der Waals surface area contributed by atoms with Gasteiger partial charge in [0.2, 0.25) is 6.41 Å². The van der Waals surface area contributed by atoms with Crippen LogP contribution in [-0.2, 0) is 4.79 Å². The summed E-state index contributed by atoms with van der Waals surface area (Å²) in [7, 11) is 0. The van der Waals surface area contributed by atoms with Crippen molar-refractivity contribution in [3.63, 3.8) is 0 Å². The molecule has 0 fully saturated rings. The van der Waals surface area contributed by atoms with Crippen LogP contribution < -0.4 is 16.4 Å². The SMILES string of the molecule is NC(=O)NCCNC=O. The molecule has 0 aromatic heterocycles. The van der Waals surface area contributed by atoms with Crippen molar-refractivity contribution < 1.29 is 9.59 Å². The fourth-order valence-electron chi connectivity index (χ4n) is 0.317. The van der Waals surface area contributed by atoms with E-state index in [0.717, 1.165) is 0 Å². The summed E-state index contributed by atoms with van der Waals surface area (Å²) in [4.78, 5) is 19.6. The maximum absolute atomic E-state index is 9.96. The van der Waals surface area contributed by atoms with Gasteiger partial charge < -0.3 is 16.4 Å². The zero-order valence-electron chi connectivity index (χ0n) is 4.89. The van der Waals surface area contributed by atoms with Gasteiger partial charge in [0.15, 0.2) is 0 Å². The number of primary amides is 1. The number of amides is 3. The molecule has 0 heterocycles. The van der Waals surface area contributed by atoms with Crippen molar-refractivity contribution in [2.75, 3.05) is 13.1 Å². The molecule has 5 heteroatoms. The van der Waals surface area contributed by atoms with Gasteiger partial charge in [-0.05, 0) is 0 Å². The quantitative estimate of drug-likeness (QED) is 0.317. The van der Waals surface area contributed by atoms with E-state index in [-0.39, 0.29) is 0 Å². The zero-order valence-corrected chi connectivity index (χ0v) is 4.89. The number of carbonyl (C=O) groups excluding carboxylic acids is 2. The van der Waals surface area contributed by atoms with Gasteiger partial charge in [0, 0.05) is 13.1 Å². The molecule has 3 amide bonds. The number of nitrogens with two attached hydrogens (primary N) is 1. The second-order valence-electron chi connectivity index (χ2n) is 1.36. The molecule has 0 saturated heterocycles. The Morgan fingerprint density at radius 3 is 2.67 bits per heavy atom. The Morgan fingerprint density at radius 2 is 2.22 bits per heavy atom. The van der Waals surface area contributed by atoms with Crippen molar-refractivity contribution in [3.8, 4) is 0 Å².